The first-order valence-electron chi connectivity index (χ1n) is 10.2. The maximum Gasteiger partial charge on any atom is 0.191 e. The molecule has 6 nitrogen and oxygen atoms in total. The van der Waals surface area contributed by atoms with Gasteiger partial charge in [0.1, 0.15) is 0 Å². The summed E-state index contributed by atoms with van der Waals surface area (Å²) in [5.74, 6) is 0.957. The molecule has 0 aromatic heterocycles. The Balaban J connectivity index is 1.82. The molecule has 2 aliphatic rings. The SMILES string of the molecule is C=C(C)CN1CCC(NC(=NCC(C)N2CCOCC2C)NCC)CC1. The van der Waals surface area contributed by atoms with E-state index in [1.807, 2.05) is 0 Å². The van der Waals surface area contributed by atoms with Gasteiger partial charge in [0, 0.05) is 50.8 Å². The lowest BCUT2D eigenvalue weighted by Crippen LogP contribution is -2.51. The van der Waals surface area contributed by atoms with Gasteiger partial charge in [0.2, 0.25) is 0 Å². The molecule has 150 valence electrons. The van der Waals surface area contributed by atoms with E-state index in [2.05, 4.69) is 54.7 Å². The standard InChI is InChI=1S/C20H39N5O/c1-6-21-20(22-13-17(4)25-11-12-26-15-18(25)5)23-19-7-9-24(10-8-19)14-16(2)3/h17-19H,2,6-15H2,1,3-5H3,(H2,21,22,23). The highest BCUT2D eigenvalue weighted by molar-refractivity contribution is 5.80. The Morgan fingerprint density at radius 2 is 2.04 bits per heavy atom. The molecule has 0 amide bonds. The van der Waals surface area contributed by atoms with E-state index in [0.29, 0.717) is 18.1 Å². The highest BCUT2D eigenvalue weighted by Gasteiger charge is 2.24. The highest BCUT2D eigenvalue weighted by Crippen LogP contribution is 2.12. The Bertz CT molecular complexity index is 459. The van der Waals surface area contributed by atoms with E-state index in [9.17, 15) is 0 Å². The molecule has 2 atom stereocenters. The molecule has 0 aromatic carbocycles. The third-order valence-electron chi connectivity index (χ3n) is 5.26. The van der Waals surface area contributed by atoms with E-state index in [1.165, 1.54) is 5.57 Å². The minimum Gasteiger partial charge on any atom is -0.379 e. The van der Waals surface area contributed by atoms with E-state index < -0.39 is 0 Å². The topological polar surface area (TPSA) is 52.1 Å². The summed E-state index contributed by atoms with van der Waals surface area (Å²) in [6.45, 7) is 20.4. The number of hydrogen-bond donors (Lipinski definition) is 2. The fourth-order valence-electron chi connectivity index (χ4n) is 3.85. The molecule has 2 unspecified atom stereocenters. The van der Waals surface area contributed by atoms with Crippen molar-refractivity contribution in [3.63, 3.8) is 0 Å². The Hall–Kier alpha value is -1.11. The van der Waals surface area contributed by atoms with Gasteiger partial charge in [-0.3, -0.25) is 14.8 Å². The molecule has 0 radical (unpaired) electrons. The molecule has 2 rings (SSSR count). The van der Waals surface area contributed by atoms with Crippen LogP contribution < -0.4 is 10.6 Å². The van der Waals surface area contributed by atoms with E-state index in [1.54, 1.807) is 0 Å². The number of piperidine rings is 1. The van der Waals surface area contributed by atoms with E-state index >= 15 is 0 Å². The second kappa shape index (κ2) is 10.9. The zero-order valence-electron chi connectivity index (χ0n) is 17.3. The molecule has 0 aliphatic carbocycles. The molecule has 2 N–H and O–H groups in total. The number of guanidine groups is 1. The predicted octanol–water partition coefficient (Wildman–Crippen LogP) is 1.69. The van der Waals surface area contributed by atoms with Gasteiger partial charge in [-0.25, -0.2) is 0 Å². The summed E-state index contributed by atoms with van der Waals surface area (Å²) >= 11 is 0. The second-order valence-corrected chi connectivity index (χ2v) is 7.88. The molecule has 6 heteroatoms. The number of rotatable bonds is 7. The van der Waals surface area contributed by atoms with Crippen LogP contribution in [0.5, 0.6) is 0 Å². The Kier molecular flexibility index (Phi) is 8.88. The van der Waals surface area contributed by atoms with Gasteiger partial charge in [0.25, 0.3) is 0 Å². The molecule has 2 saturated heterocycles. The second-order valence-electron chi connectivity index (χ2n) is 7.88. The normalized spacial score (nSPS) is 25.1. The van der Waals surface area contributed by atoms with Crippen molar-refractivity contribution < 1.29 is 4.74 Å². The van der Waals surface area contributed by atoms with Crippen molar-refractivity contribution in [3.8, 4) is 0 Å². The molecule has 0 spiro atoms. The van der Waals surface area contributed by atoms with Crippen molar-refractivity contribution in [3.05, 3.63) is 12.2 Å². The summed E-state index contributed by atoms with van der Waals surface area (Å²) in [7, 11) is 0. The number of likely N-dealkylation sites (tertiary alicyclic amines) is 1. The number of aliphatic imine (C=N–C) groups is 1. The van der Waals surface area contributed by atoms with Crippen molar-refractivity contribution in [1.29, 1.82) is 0 Å². The summed E-state index contributed by atoms with van der Waals surface area (Å²) in [6, 6.07) is 1.41. The summed E-state index contributed by atoms with van der Waals surface area (Å²) in [5, 5.41) is 7.06. The maximum absolute atomic E-state index is 5.55. The van der Waals surface area contributed by atoms with Crippen LogP contribution in [0, 0.1) is 0 Å². The molecule has 0 aromatic rings. The minimum absolute atomic E-state index is 0.432. The lowest BCUT2D eigenvalue weighted by atomic mass is 10.0. The van der Waals surface area contributed by atoms with Gasteiger partial charge in [-0.05, 0) is 40.5 Å². The highest BCUT2D eigenvalue weighted by atomic mass is 16.5. The van der Waals surface area contributed by atoms with Crippen LogP contribution in [0.4, 0.5) is 0 Å². The minimum atomic E-state index is 0.432. The van der Waals surface area contributed by atoms with Gasteiger partial charge in [-0.2, -0.15) is 0 Å². The summed E-state index contributed by atoms with van der Waals surface area (Å²) < 4.78 is 5.55. The molecule has 0 bridgehead atoms. The van der Waals surface area contributed by atoms with Crippen molar-refractivity contribution in [2.24, 2.45) is 4.99 Å². The molecule has 2 fully saturated rings. The van der Waals surface area contributed by atoms with Crippen LogP contribution in [0.15, 0.2) is 17.1 Å². The molecular formula is C20H39N5O. The van der Waals surface area contributed by atoms with Gasteiger partial charge >= 0.3 is 0 Å². The van der Waals surface area contributed by atoms with Crippen LogP contribution in [-0.2, 0) is 4.74 Å². The first-order chi connectivity index (χ1) is 12.5. The summed E-state index contributed by atoms with van der Waals surface area (Å²) in [4.78, 5) is 9.87. The lowest BCUT2D eigenvalue weighted by molar-refractivity contribution is -0.0165. The average Bonchev–Trinajstić information content (AvgIpc) is 2.61. The van der Waals surface area contributed by atoms with Crippen LogP contribution in [0.25, 0.3) is 0 Å². The fraction of sp³-hybridized carbons (Fsp3) is 0.850. The molecule has 26 heavy (non-hydrogen) atoms. The number of morpholine rings is 1. The Morgan fingerprint density at radius 1 is 1.31 bits per heavy atom. The fourth-order valence-corrected chi connectivity index (χ4v) is 3.85. The Morgan fingerprint density at radius 3 is 2.65 bits per heavy atom. The first kappa shape index (κ1) is 21.2. The number of hydrogen-bond acceptors (Lipinski definition) is 4. The largest absolute Gasteiger partial charge is 0.379 e. The average molecular weight is 366 g/mol. The molecule has 0 saturated carbocycles. The smallest absolute Gasteiger partial charge is 0.191 e. The van der Waals surface area contributed by atoms with Crippen LogP contribution >= 0.6 is 0 Å². The number of nitrogens with zero attached hydrogens (tertiary/aromatic N) is 3. The zero-order valence-corrected chi connectivity index (χ0v) is 17.3. The summed E-state index contributed by atoms with van der Waals surface area (Å²) in [6.07, 6.45) is 2.32. The van der Waals surface area contributed by atoms with Crippen molar-refractivity contribution >= 4 is 5.96 Å². The quantitative estimate of drug-likeness (QED) is 0.409. The van der Waals surface area contributed by atoms with Crippen LogP contribution in [0.3, 0.4) is 0 Å². The molecule has 2 heterocycles. The predicted molar refractivity (Wildman–Crippen MR) is 110 cm³/mol. The van der Waals surface area contributed by atoms with Crippen molar-refractivity contribution in [2.45, 2.75) is 58.7 Å². The van der Waals surface area contributed by atoms with Crippen molar-refractivity contribution in [2.75, 3.05) is 52.5 Å². The monoisotopic (exact) mass is 365 g/mol. The number of nitrogens with one attached hydrogen (secondary N) is 2. The van der Waals surface area contributed by atoms with E-state index in [-0.39, 0.29) is 0 Å². The maximum atomic E-state index is 5.55. The van der Waals surface area contributed by atoms with Crippen LogP contribution in [0.1, 0.15) is 40.5 Å². The number of ether oxygens (including phenoxy) is 1. The van der Waals surface area contributed by atoms with Gasteiger partial charge in [0.15, 0.2) is 5.96 Å². The first-order valence-corrected chi connectivity index (χ1v) is 10.2. The van der Waals surface area contributed by atoms with E-state index in [0.717, 1.165) is 71.3 Å². The van der Waals surface area contributed by atoms with Gasteiger partial charge in [-0.1, -0.05) is 12.2 Å². The summed E-state index contributed by atoms with van der Waals surface area (Å²) in [5.41, 5.74) is 1.25. The third-order valence-corrected chi connectivity index (χ3v) is 5.26. The molecular weight excluding hydrogens is 326 g/mol. The third kappa shape index (κ3) is 6.89. The van der Waals surface area contributed by atoms with Crippen LogP contribution in [-0.4, -0.2) is 86.4 Å². The van der Waals surface area contributed by atoms with E-state index in [4.69, 9.17) is 9.73 Å². The Labute approximate surface area is 160 Å². The zero-order chi connectivity index (χ0) is 18.9. The van der Waals surface area contributed by atoms with Crippen molar-refractivity contribution in [1.82, 2.24) is 20.4 Å². The van der Waals surface area contributed by atoms with Gasteiger partial charge in [0.05, 0.1) is 19.8 Å². The van der Waals surface area contributed by atoms with Crippen LogP contribution in [0.2, 0.25) is 0 Å². The molecule has 2 aliphatic heterocycles. The van der Waals surface area contributed by atoms with Gasteiger partial charge < -0.3 is 15.4 Å². The van der Waals surface area contributed by atoms with Gasteiger partial charge in [-0.15, -0.1) is 0 Å². The lowest BCUT2D eigenvalue weighted by Gasteiger charge is -2.37.